The Labute approximate surface area is 161 Å². The zero-order valence-electron chi connectivity index (χ0n) is 15.6. The van der Waals surface area contributed by atoms with Crippen LogP contribution in [0, 0.1) is 0 Å². The van der Waals surface area contributed by atoms with E-state index in [9.17, 15) is 5.11 Å². The van der Waals surface area contributed by atoms with Crippen molar-refractivity contribution in [2.75, 3.05) is 6.61 Å². The molecule has 1 spiro atoms. The van der Waals surface area contributed by atoms with Crippen LogP contribution in [0.15, 0.2) is 60.7 Å². The third-order valence-corrected chi connectivity index (χ3v) is 5.60. The van der Waals surface area contributed by atoms with E-state index in [0.29, 0.717) is 13.2 Å². The maximum Gasteiger partial charge on any atom is 0.169 e. The highest BCUT2D eigenvalue weighted by atomic mass is 16.8. The van der Waals surface area contributed by atoms with E-state index in [-0.39, 0.29) is 6.10 Å². The highest BCUT2D eigenvalue weighted by Crippen LogP contribution is 2.40. The summed E-state index contributed by atoms with van der Waals surface area (Å²) in [7, 11) is 0. The first-order valence-corrected chi connectivity index (χ1v) is 9.96. The molecule has 2 fully saturated rings. The van der Waals surface area contributed by atoms with Gasteiger partial charge < -0.3 is 19.3 Å². The van der Waals surface area contributed by atoms with E-state index in [4.69, 9.17) is 14.2 Å². The number of ether oxygens (including phenoxy) is 3. The van der Waals surface area contributed by atoms with Gasteiger partial charge in [-0.05, 0) is 24.0 Å². The summed E-state index contributed by atoms with van der Waals surface area (Å²) < 4.78 is 18.7. The Morgan fingerprint density at radius 3 is 2.33 bits per heavy atom. The average Bonchev–Trinajstić information content (AvgIpc) is 3.13. The Bertz CT molecular complexity index is 697. The number of hydrogen-bond acceptors (Lipinski definition) is 4. The van der Waals surface area contributed by atoms with Crippen molar-refractivity contribution in [3.05, 3.63) is 71.8 Å². The molecule has 0 aromatic heterocycles. The van der Waals surface area contributed by atoms with Crippen molar-refractivity contribution in [1.82, 2.24) is 0 Å². The smallest absolute Gasteiger partial charge is 0.169 e. The van der Waals surface area contributed by atoms with Gasteiger partial charge in [-0.2, -0.15) is 0 Å². The molecule has 1 aliphatic heterocycles. The largest absolute Gasteiger partial charge is 0.386 e. The molecule has 0 radical (unpaired) electrons. The van der Waals surface area contributed by atoms with Crippen molar-refractivity contribution in [2.24, 2.45) is 0 Å². The van der Waals surface area contributed by atoms with Gasteiger partial charge in [-0.3, -0.25) is 0 Å². The summed E-state index contributed by atoms with van der Waals surface area (Å²) in [4.78, 5) is 0. The Balaban J connectivity index is 1.50. The predicted molar refractivity (Wildman–Crippen MR) is 103 cm³/mol. The molecule has 1 saturated heterocycles. The van der Waals surface area contributed by atoms with Gasteiger partial charge in [0.05, 0.1) is 13.2 Å². The summed E-state index contributed by atoms with van der Waals surface area (Å²) in [6, 6.07) is 19.7. The van der Waals surface area contributed by atoms with E-state index in [1.165, 1.54) is 6.42 Å². The van der Waals surface area contributed by atoms with Crippen LogP contribution in [0.25, 0.3) is 0 Å². The van der Waals surface area contributed by atoms with Crippen molar-refractivity contribution in [3.8, 4) is 0 Å². The number of benzene rings is 2. The van der Waals surface area contributed by atoms with Crippen LogP contribution < -0.4 is 0 Å². The number of aliphatic hydroxyl groups is 1. The Morgan fingerprint density at radius 1 is 0.963 bits per heavy atom. The van der Waals surface area contributed by atoms with Gasteiger partial charge >= 0.3 is 0 Å². The van der Waals surface area contributed by atoms with Crippen LogP contribution in [0.4, 0.5) is 0 Å². The molecule has 1 saturated carbocycles. The normalized spacial score (nSPS) is 24.0. The minimum Gasteiger partial charge on any atom is -0.386 e. The minimum atomic E-state index is -0.762. The van der Waals surface area contributed by atoms with Gasteiger partial charge in [0.2, 0.25) is 0 Å². The molecule has 1 aliphatic carbocycles. The summed E-state index contributed by atoms with van der Waals surface area (Å²) in [5, 5.41) is 11.0. The van der Waals surface area contributed by atoms with Gasteiger partial charge in [0.1, 0.15) is 18.3 Å². The average molecular weight is 368 g/mol. The number of aliphatic hydroxyl groups excluding tert-OH is 1. The molecule has 4 nitrogen and oxygen atoms in total. The van der Waals surface area contributed by atoms with Crippen LogP contribution in [-0.4, -0.2) is 29.7 Å². The molecule has 3 atom stereocenters. The first kappa shape index (κ1) is 18.6. The Morgan fingerprint density at radius 2 is 1.63 bits per heavy atom. The molecule has 2 aromatic rings. The topological polar surface area (TPSA) is 47.9 Å². The third-order valence-electron chi connectivity index (χ3n) is 5.60. The SMILES string of the molecule is O[C@H](c1ccccc1)[C@@H](OCc1ccccc1)[C@H]1COC2(CCCCC2)O1. The predicted octanol–water partition coefficient (Wildman–Crippen LogP) is 4.38. The van der Waals surface area contributed by atoms with Crippen LogP contribution in [0.3, 0.4) is 0 Å². The molecule has 2 aliphatic rings. The molecule has 1 heterocycles. The molecule has 4 rings (SSSR count). The van der Waals surface area contributed by atoms with Crippen molar-refractivity contribution in [1.29, 1.82) is 0 Å². The second-order valence-electron chi connectivity index (χ2n) is 7.56. The zero-order valence-corrected chi connectivity index (χ0v) is 15.6. The first-order chi connectivity index (χ1) is 13.3. The molecule has 4 heteroatoms. The summed E-state index contributed by atoms with van der Waals surface area (Å²) >= 11 is 0. The lowest BCUT2D eigenvalue weighted by Crippen LogP contribution is -2.39. The van der Waals surface area contributed by atoms with Crippen molar-refractivity contribution in [3.63, 3.8) is 0 Å². The van der Waals surface area contributed by atoms with E-state index in [0.717, 1.165) is 36.8 Å². The molecular weight excluding hydrogens is 340 g/mol. The fraction of sp³-hybridized carbons (Fsp3) is 0.478. The second kappa shape index (κ2) is 8.53. The monoisotopic (exact) mass is 368 g/mol. The maximum atomic E-state index is 11.0. The van der Waals surface area contributed by atoms with Crippen molar-refractivity contribution < 1.29 is 19.3 Å². The lowest BCUT2D eigenvalue weighted by Gasteiger charge is -2.33. The minimum absolute atomic E-state index is 0.276. The van der Waals surface area contributed by atoms with Crippen LogP contribution >= 0.6 is 0 Å². The van der Waals surface area contributed by atoms with E-state index in [1.807, 2.05) is 60.7 Å². The molecule has 0 amide bonds. The second-order valence-corrected chi connectivity index (χ2v) is 7.56. The van der Waals surface area contributed by atoms with Gasteiger partial charge in [0.15, 0.2) is 5.79 Å². The van der Waals surface area contributed by atoms with Crippen molar-refractivity contribution >= 4 is 0 Å². The van der Waals surface area contributed by atoms with Gasteiger partial charge in [0, 0.05) is 12.8 Å². The first-order valence-electron chi connectivity index (χ1n) is 9.96. The summed E-state index contributed by atoms with van der Waals surface area (Å²) in [6.07, 6.45) is 3.83. The Kier molecular flexibility index (Phi) is 5.89. The van der Waals surface area contributed by atoms with Crippen LogP contribution in [0.1, 0.15) is 49.3 Å². The standard InChI is InChI=1S/C23H28O4/c24-21(19-12-6-2-7-13-19)22(25-16-18-10-4-1-5-11-18)20-17-26-23(27-20)14-8-3-9-15-23/h1-2,4-7,10-13,20-22,24H,3,8-9,14-17H2/t20-,21-,22+/m1/s1. The Hall–Kier alpha value is -1.72. The molecule has 2 aromatic carbocycles. The van der Waals surface area contributed by atoms with Crippen LogP contribution in [-0.2, 0) is 20.8 Å². The zero-order chi connectivity index (χ0) is 18.5. The lowest BCUT2D eigenvalue weighted by molar-refractivity contribution is -0.207. The molecule has 0 unspecified atom stereocenters. The fourth-order valence-corrected chi connectivity index (χ4v) is 4.10. The summed E-state index contributed by atoms with van der Waals surface area (Å²) in [5.74, 6) is -0.478. The van der Waals surface area contributed by atoms with Gasteiger partial charge in [-0.25, -0.2) is 0 Å². The summed E-state index contributed by atoms with van der Waals surface area (Å²) in [5.41, 5.74) is 1.91. The van der Waals surface area contributed by atoms with Crippen LogP contribution in [0.2, 0.25) is 0 Å². The maximum absolute atomic E-state index is 11.0. The molecule has 144 valence electrons. The highest BCUT2D eigenvalue weighted by molar-refractivity contribution is 5.19. The lowest BCUT2D eigenvalue weighted by atomic mass is 9.94. The fourth-order valence-electron chi connectivity index (χ4n) is 4.10. The number of hydrogen-bond donors (Lipinski definition) is 1. The van der Waals surface area contributed by atoms with Gasteiger partial charge in [-0.1, -0.05) is 67.1 Å². The van der Waals surface area contributed by atoms with Gasteiger partial charge in [-0.15, -0.1) is 0 Å². The van der Waals surface area contributed by atoms with E-state index in [2.05, 4.69) is 0 Å². The molecule has 27 heavy (non-hydrogen) atoms. The highest BCUT2D eigenvalue weighted by Gasteiger charge is 2.46. The quantitative estimate of drug-likeness (QED) is 0.822. The molecule has 0 bridgehead atoms. The van der Waals surface area contributed by atoms with E-state index in [1.54, 1.807) is 0 Å². The molecular formula is C23H28O4. The van der Waals surface area contributed by atoms with E-state index < -0.39 is 18.0 Å². The number of rotatable bonds is 6. The van der Waals surface area contributed by atoms with Crippen LogP contribution in [0.5, 0.6) is 0 Å². The van der Waals surface area contributed by atoms with Gasteiger partial charge in [0.25, 0.3) is 0 Å². The third kappa shape index (κ3) is 4.41. The molecule has 1 N–H and O–H groups in total. The van der Waals surface area contributed by atoms with E-state index >= 15 is 0 Å². The summed E-state index contributed by atoms with van der Waals surface area (Å²) in [6.45, 7) is 0.894. The van der Waals surface area contributed by atoms with Crippen molar-refractivity contribution in [2.45, 2.75) is 62.8 Å².